The number of nitrogens with zero attached hydrogens (tertiary/aromatic N) is 1. The zero-order valence-corrected chi connectivity index (χ0v) is 18.4. The Morgan fingerprint density at radius 3 is 2.48 bits per heavy atom. The number of anilines is 1. The number of ether oxygens (including phenoxy) is 2. The van der Waals surface area contributed by atoms with Crippen molar-refractivity contribution in [3.05, 3.63) is 59.7 Å². The van der Waals surface area contributed by atoms with Gasteiger partial charge in [-0.3, -0.25) is 9.59 Å². The molecule has 31 heavy (non-hydrogen) atoms. The van der Waals surface area contributed by atoms with Gasteiger partial charge in [-0.05, 0) is 38.1 Å². The van der Waals surface area contributed by atoms with E-state index in [0.29, 0.717) is 36.8 Å². The van der Waals surface area contributed by atoms with E-state index in [4.69, 9.17) is 9.47 Å². The van der Waals surface area contributed by atoms with E-state index in [1.807, 2.05) is 31.2 Å². The third-order valence-corrected chi connectivity index (χ3v) is 5.83. The van der Waals surface area contributed by atoms with E-state index in [1.54, 1.807) is 36.1 Å². The highest BCUT2D eigenvalue weighted by Gasteiger charge is 2.26. The maximum Gasteiger partial charge on any atom is 0.340 e. The van der Waals surface area contributed by atoms with Crippen molar-refractivity contribution in [2.45, 2.75) is 24.8 Å². The van der Waals surface area contributed by atoms with Gasteiger partial charge in [0.25, 0.3) is 5.91 Å². The zero-order valence-electron chi connectivity index (χ0n) is 17.6. The van der Waals surface area contributed by atoms with E-state index < -0.39 is 12.1 Å². The van der Waals surface area contributed by atoms with Crippen LogP contribution in [0.15, 0.2) is 53.4 Å². The lowest BCUT2D eigenvalue weighted by atomic mass is 10.2. The Bertz CT molecular complexity index is 926. The van der Waals surface area contributed by atoms with Crippen LogP contribution in [-0.2, 0) is 19.1 Å². The first-order valence-electron chi connectivity index (χ1n) is 10.1. The van der Waals surface area contributed by atoms with Gasteiger partial charge >= 0.3 is 5.97 Å². The Morgan fingerprint density at radius 2 is 1.77 bits per heavy atom. The molecule has 8 heteroatoms. The van der Waals surface area contributed by atoms with E-state index in [1.165, 1.54) is 11.8 Å². The number of thioether (sulfide) groups is 1. The molecule has 164 valence electrons. The van der Waals surface area contributed by atoms with Crippen LogP contribution in [0.5, 0.6) is 0 Å². The minimum atomic E-state index is -0.895. The predicted octanol–water partition coefficient (Wildman–Crippen LogP) is 3.13. The van der Waals surface area contributed by atoms with Gasteiger partial charge in [0.05, 0.1) is 24.5 Å². The summed E-state index contributed by atoms with van der Waals surface area (Å²) in [6, 6.07) is 14.4. The minimum Gasteiger partial charge on any atom is -0.449 e. The molecule has 1 aliphatic heterocycles. The molecule has 2 aromatic rings. The molecule has 0 saturated carbocycles. The fourth-order valence-electron chi connectivity index (χ4n) is 3.05. The number of hydrogen-bond donors (Lipinski definition) is 1. The van der Waals surface area contributed by atoms with E-state index >= 15 is 0 Å². The summed E-state index contributed by atoms with van der Waals surface area (Å²) in [5.41, 5.74) is 2.16. The van der Waals surface area contributed by atoms with E-state index in [-0.39, 0.29) is 17.6 Å². The molecule has 0 aliphatic carbocycles. The van der Waals surface area contributed by atoms with Gasteiger partial charge in [0.1, 0.15) is 0 Å². The monoisotopic (exact) mass is 442 g/mol. The van der Waals surface area contributed by atoms with Gasteiger partial charge in [-0.25, -0.2) is 4.79 Å². The summed E-state index contributed by atoms with van der Waals surface area (Å²) >= 11 is 1.24. The number of nitrogens with one attached hydrogen (secondary N) is 1. The van der Waals surface area contributed by atoms with Crippen molar-refractivity contribution >= 4 is 35.2 Å². The second kappa shape index (κ2) is 11.0. The summed E-state index contributed by atoms with van der Waals surface area (Å²) < 4.78 is 10.7. The quantitative estimate of drug-likeness (QED) is 0.524. The molecular weight excluding hydrogens is 416 g/mol. The summed E-state index contributed by atoms with van der Waals surface area (Å²) in [7, 11) is 0. The van der Waals surface area contributed by atoms with Crippen molar-refractivity contribution in [3.8, 4) is 0 Å². The molecule has 0 spiro atoms. The second-order valence-electron chi connectivity index (χ2n) is 7.18. The van der Waals surface area contributed by atoms with Crippen LogP contribution < -0.4 is 5.32 Å². The van der Waals surface area contributed by atoms with Gasteiger partial charge < -0.3 is 19.7 Å². The van der Waals surface area contributed by atoms with Gasteiger partial charge in [-0.1, -0.05) is 29.8 Å². The minimum absolute atomic E-state index is 0.139. The zero-order chi connectivity index (χ0) is 22.2. The second-order valence-corrected chi connectivity index (χ2v) is 8.20. The summed E-state index contributed by atoms with van der Waals surface area (Å²) in [6.07, 6.45) is -0.895. The smallest absolute Gasteiger partial charge is 0.340 e. The third-order valence-electron chi connectivity index (χ3n) is 4.76. The Morgan fingerprint density at radius 1 is 1.10 bits per heavy atom. The molecule has 1 atom stereocenters. The van der Waals surface area contributed by atoms with E-state index in [0.717, 1.165) is 11.3 Å². The lowest BCUT2D eigenvalue weighted by Crippen LogP contribution is -2.46. The molecule has 2 amide bonds. The molecule has 7 nitrogen and oxygen atoms in total. The molecule has 3 rings (SSSR count). The highest BCUT2D eigenvalue weighted by atomic mass is 32.2. The Balaban J connectivity index is 1.57. The Kier molecular flexibility index (Phi) is 8.08. The van der Waals surface area contributed by atoms with Gasteiger partial charge in [0, 0.05) is 23.7 Å². The van der Waals surface area contributed by atoms with Crippen molar-refractivity contribution in [1.82, 2.24) is 4.90 Å². The Labute approximate surface area is 186 Å². The Hall–Kier alpha value is -2.84. The maximum absolute atomic E-state index is 12.7. The third kappa shape index (κ3) is 6.57. The molecule has 0 bridgehead atoms. The first-order valence-corrected chi connectivity index (χ1v) is 11.1. The molecule has 1 N–H and O–H groups in total. The fourth-order valence-corrected chi connectivity index (χ4v) is 3.89. The highest BCUT2D eigenvalue weighted by Crippen LogP contribution is 2.24. The van der Waals surface area contributed by atoms with Crippen molar-refractivity contribution in [2.75, 3.05) is 37.4 Å². The van der Waals surface area contributed by atoms with Crippen LogP contribution in [0.4, 0.5) is 5.69 Å². The fraction of sp³-hybridized carbons (Fsp3) is 0.348. The molecule has 1 fully saturated rings. The first-order chi connectivity index (χ1) is 14.9. The number of aryl methyl sites for hydroxylation is 1. The maximum atomic E-state index is 12.7. The molecule has 1 saturated heterocycles. The number of rotatable bonds is 7. The lowest BCUT2D eigenvalue weighted by Gasteiger charge is -2.29. The normalized spacial score (nSPS) is 14.6. The van der Waals surface area contributed by atoms with Crippen LogP contribution in [0.1, 0.15) is 22.8 Å². The van der Waals surface area contributed by atoms with E-state index in [2.05, 4.69) is 5.32 Å². The SMILES string of the molecule is Cc1ccc(NC(=O)CSc2ccccc2C(=O)OC(C)C(=O)N2CCOCC2)cc1. The van der Waals surface area contributed by atoms with Crippen molar-refractivity contribution in [3.63, 3.8) is 0 Å². The summed E-state index contributed by atoms with van der Waals surface area (Å²) in [4.78, 5) is 39.7. The number of carbonyl (C=O) groups excluding carboxylic acids is 3. The number of benzene rings is 2. The largest absolute Gasteiger partial charge is 0.449 e. The number of morpholine rings is 1. The first kappa shape index (κ1) is 22.8. The van der Waals surface area contributed by atoms with Crippen molar-refractivity contribution in [2.24, 2.45) is 0 Å². The van der Waals surface area contributed by atoms with Crippen molar-refractivity contribution < 1.29 is 23.9 Å². The lowest BCUT2D eigenvalue weighted by molar-refractivity contribution is -0.143. The molecule has 0 aromatic heterocycles. The van der Waals surface area contributed by atoms with E-state index in [9.17, 15) is 14.4 Å². The van der Waals surface area contributed by atoms with Crippen molar-refractivity contribution in [1.29, 1.82) is 0 Å². The predicted molar refractivity (Wildman–Crippen MR) is 119 cm³/mol. The van der Waals surface area contributed by atoms with Gasteiger partial charge in [-0.15, -0.1) is 11.8 Å². The van der Waals surface area contributed by atoms with Crippen LogP contribution in [-0.4, -0.2) is 60.8 Å². The summed E-state index contributed by atoms with van der Waals surface area (Å²) in [6.45, 7) is 5.49. The van der Waals surface area contributed by atoms with Gasteiger partial charge in [-0.2, -0.15) is 0 Å². The number of amides is 2. The topological polar surface area (TPSA) is 84.9 Å². The number of carbonyl (C=O) groups is 3. The average Bonchev–Trinajstić information content (AvgIpc) is 2.79. The van der Waals surface area contributed by atoms with Crippen LogP contribution in [0, 0.1) is 6.92 Å². The molecule has 2 aromatic carbocycles. The molecule has 1 aliphatic rings. The standard InChI is InChI=1S/C23H26N2O5S/c1-16-7-9-18(10-8-16)24-21(26)15-31-20-6-4-3-5-19(20)23(28)30-17(2)22(27)25-11-13-29-14-12-25/h3-10,17H,11-15H2,1-2H3,(H,24,26). The summed E-state index contributed by atoms with van der Waals surface area (Å²) in [5.74, 6) is -0.858. The van der Waals surface area contributed by atoms with Crippen LogP contribution in [0.25, 0.3) is 0 Å². The van der Waals surface area contributed by atoms with Crippen LogP contribution in [0.2, 0.25) is 0 Å². The highest BCUT2D eigenvalue weighted by molar-refractivity contribution is 8.00. The molecule has 1 heterocycles. The molecular formula is C23H26N2O5S. The van der Waals surface area contributed by atoms with Gasteiger partial charge in [0.15, 0.2) is 6.10 Å². The van der Waals surface area contributed by atoms with Crippen LogP contribution in [0.3, 0.4) is 0 Å². The number of esters is 1. The average molecular weight is 443 g/mol. The summed E-state index contributed by atoms with van der Waals surface area (Å²) in [5, 5.41) is 2.84. The number of hydrogen-bond acceptors (Lipinski definition) is 6. The molecule has 0 radical (unpaired) electrons. The van der Waals surface area contributed by atoms with Gasteiger partial charge in [0.2, 0.25) is 5.91 Å². The van der Waals surface area contributed by atoms with Crippen LogP contribution >= 0.6 is 11.8 Å². The molecule has 1 unspecified atom stereocenters.